The van der Waals surface area contributed by atoms with Gasteiger partial charge >= 0.3 is 0 Å². The molecule has 0 amide bonds. The summed E-state index contributed by atoms with van der Waals surface area (Å²) in [4.78, 5) is 9.41. The van der Waals surface area contributed by atoms with Crippen molar-refractivity contribution in [2.45, 2.75) is 98.4 Å². The van der Waals surface area contributed by atoms with E-state index >= 15 is 0 Å². The van der Waals surface area contributed by atoms with E-state index < -0.39 is 0 Å². The average Bonchev–Trinajstić information content (AvgIpc) is 3.41. The van der Waals surface area contributed by atoms with Crippen LogP contribution < -0.4 is 19.6 Å². The molecule has 7 heteroatoms. The minimum absolute atomic E-state index is 0.0270. The quantitative estimate of drug-likeness (QED) is 0.0712. The Morgan fingerprint density at radius 1 is 0.342 bits per heavy atom. The smallest absolute Gasteiger partial charge is 0.0813 e. The second-order valence-electron chi connectivity index (χ2n) is 19.3. The molecule has 0 bridgehead atoms. The van der Waals surface area contributed by atoms with Gasteiger partial charge in [-0.25, -0.2) is 0 Å². The van der Waals surface area contributed by atoms with E-state index in [2.05, 4.69) is 261 Å². The Balaban J connectivity index is 1.13. The molecule has 6 aromatic carbocycles. The third kappa shape index (κ3) is 12.5. The van der Waals surface area contributed by atoms with Crippen LogP contribution in [0.5, 0.6) is 0 Å². The zero-order valence-electron chi connectivity index (χ0n) is 43.7. The maximum absolute atomic E-state index is 6.28. The van der Waals surface area contributed by atoms with Crippen LogP contribution in [-0.2, 0) is 14.2 Å². The van der Waals surface area contributed by atoms with Crippen molar-refractivity contribution < 1.29 is 14.2 Å². The first-order valence-electron chi connectivity index (χ1n) is 26.5. The van der Waals surface area contributed by atoms with Crippen molar-refractivity contribution in [3.05, 3.63) is 234 Å². The first-order valence-corrected chi connectivity index (χ1v) is 26.5. The molecule has 0 radical (unpaired) electrons. The highest BCUT2D eigenvalue weighted by molar-refractivity contribution is 5.83. The highest BCUT2D eigenvalue weighted by atomic mass is 16.5. The van der Waals surface area contributed by atoms with E-state index in [1.54, 1.807) is 0 Å². The fraction of sp³-hybridized carbons (Fsp3) is 0.273. The lowest BCUT2D eigenvalue weighted by molar-refractivity contribution is 0.0863. The summed E-state index contributed by atoms with van der Waals surface area (Å²) >= 11 is 0. The Kier molecular flexibility index (Phi) is 17.0. The van der Waals surface area contributed by atoms with Gasteiger partial charge in [-0.3, -0.25) is 0 Å². The van der Waals surface area contributed by atoms with Gasteiger partial charge in [0.1, 0.15) is 0 Å². The summed E-state index contributed by atoms with van der Waals surface area (Å²) in [7, 11) is 0. The summed E-state index contributed by atoms with van der Waals surface area (Å²) in [6, 6.07) is 53.2. The lowest BCUT2D eigenvalue weighted by atomic mass is 10.0. The Morgan fingerprint density at radius 2 is 0.603 bits per heavy atom. The molecule has 0 spiro atoms. The van der Waals surface area contributed by atoms with Crippen LogP contribution in [0.1, 0.15) is 76.0 Å². The van der Waals surface area contributed by atoms with Crippen LogP contribution in [0.25, 0.3) is 0 Å². The normalized spacial score (nSPS) is 17.2. The van der Waals surface area contributed by atoms with Crippen molar-refractivity contribution in [3.8, 4) is 0 Å². The third-order valence-electron chi connectivity index (χ3n) is 13.3. The second-order valence-corrected chi connectivity index (χ2v) is 19.3. The molecule has 374 valence electrons. The molecule has 0 saturated carbocycles. The number of aryl methyl sites for hydroxylation is 3. The molecule has 73 heavy (non-hydrogen) atoms. The van der Waals surface area contributed by atoms with Crippen molar-refractivity contribution in [3.63, 3.8) is 0 Å². The number of nitrogens with zero attached hydrogens (tertiary/aromatic N) is 4. The number of ether oxygens (including phenoxy) is 3. The summed E-state index contributed by atoms with van der Waals surface area (Å²) in [5, 5.41) is 0. The summed E-state index contributed by atoms with van der Waals surface area (Å²) in [6.45, 7) is 15.2. The monoisotopic (exact) mass is 969 g/mol. The zero-order valence-corrected chi connectivity index (χ0v) is 43.7. The standard InChI is InChI=1S/C66H72N4O3/c1-7-40-71-64-25-13-22-61(46-64)68(58-19-10-16-49(4)43-58)55-34-28-52(29-35-55)67(53-30-36-56(37-31-53)69(59-20-11-17-50(5)44-59)62-23-14-26-65(47-62)72-41-8-2)54-32-38-57(39-33-54)70(60-21-12-18-51(6)45-60)63-24-15-27-66(48-63)73-42-9-3/h10-24,28-39,43-48,64-66H,7-9,25-27,40-42H2,1-6H3. The second kappa shape index (κ2) is 24.5. The first-order chi connectivity index (χ1) is 35.8. The van der Waals surface area contributed by atoms with Gasteiger partial charge in [-0.2, -0.15) is 0 Å². The summed E-state index contributed by atoms with van der Waals surface area (Å²) in [5.41, 5.74) is 16.6. The van der Waals surface area contributed by atoms with Gasteiger partial charge < -0.3 is 33.8 Å². The summed E-state index contributed by atoms with van der Waals surface area (Å²) < 4.78 is 18.8. The largest absolute Gasteiger partial charge is 0.374 e. The Bertz CT molecular complexity index is 2640. The van der Waals surface area contributed by atoms with E-state index in [9.17, 15) is 0 Å². The van der Waals surface area contributed by atoms with Crippen LogP contribution in [0.4, 0.5) is 51.2 Å². The predicted octanol–water partition coefficient (Wildman–Crippen LogP) is 17.4. The number of hydrogen-bond donors (Lipinski definition) is 0. The van der Waals surface area contributed by atoms with E-state index in [0.717, 1.165) is 127 Å². The zero-order chi connectivity index (χ0) is 50.5. The SMILES string of the molecule is CCCOC1C=C(N(c2ccc(N(c3ccc(N(C4=CC(OCCC)CC=C4)c4cccc(C)c4)cc3)c3ccc(N(C4=CC(OCCC)CC=C4)c4cccc(C)c4)cc3)cc2)c2cccc(C)c2)C=CC1. The van der Waals surface area contributed by atoms with E-state index in [-0.39, 0.29) is 18.3 Å². The maximum Gasteiger partial charge on any atom is 0.0813 e. The molecule has 0 saturated heterocycles. The molecule has 3 aliphatic rings. The van der Waals surface area contributed by atoms with E-state index in [4.69, 9.17) is 14.2 Å². The number of anilines is 9. The fourth-order valence-corrected chi connectivity index (χ4v) is 9.86. The molecule has 0 heterocycles. The summed E-state index contributed by atoms with van der Waals surface area (Å²) in [5.74, 6) is 0. The van der Waals surface area contributed by atoms with Gasteiger partial charge in [-0.1, -0.05) is 75.4 Å². The van der Waals surface area contributed by atoms with Gasteiger partial charge in [0.25, 0.3) is 0 Å². The topological polar surface area (TPSA) is 40.7 Å². The predicted molar refractivity (Wildman–Crippen MR) is 307 cm³/mol. The van der Waals surface area contributed by atoms with Crippen LogP contribution in [0.3, 0.4) is 0 Å². The molecule has 0 N–H and O–H groups in total. The van der Waals surface area contributed by atoms with Crippen LogP contribution in [0.15, 0.2) is 217 Å². The van der Waals surface area contributed by atoms with E-state index in [0.29, 0.717) is 0 Å². The van der Waals surface area contributed by atoms with Gasteiger partial charge in [-0.15, -0.1) is 0 Å². The Hall–Kier alpha value is -7.16. The van der Waals surface area contributed by atoms with Gasteiger partial charge in [0, 0.05) is 88.1 Å². The lowest BCUT2D eigenvalue weighted by Gasteiger charge is -2.32. The maximum atomic E-state index is 6.28. The molecule has 9 rings (SSSR count). The molecular weight excluding hydrogens is 897 g/mol. The number of hydrogen-bond acceptors (Lipinski definition) is 7. The Labute approximate surface area is 435 Å². The number of allylic oxidation sites excluding steroid dienone is 3. The Morgan fingerprint density at radius 3 is 0.849 bits per heavy atom. The molecule has 6 aromatic rings. The molecule has 7 nitrogen and oxygen atoms in total. The molecule has 3 unspecified atom stereocenters. The van der Waals surface area contributed by atoms with Crippen LogP contribution >= 0.6 is 0 Å². The van der Waals surface area contributed by atoms with E-state index in [1.165, 1.54) is 16.7 Å². The third-order valence-corrected chi connectivity index (χ3v) is 13.3. The van der Waals surface area contributed by atoms with Crippen molar-refractivity contribution in [2.24, 2.45) is 0 Å². The highest BCUT2D eigenvalue weighted by Gasteiger charge is 2.24. The molecule has 0 aliphatic heterocycles. The van der Waals surface area contributed by atoms with E-state index in [1.807, 2.05) is 0 Å². The fourth-order valence-electron chi connectivity index (χ4n) is 9.86. The van der Waals surface area contributed by atoms with Crippen molar-refractivity contribution >= 4 is 51.2 Å². The summed E-state index contributed by atoms with van der Waals surface area (Å²) in [6.07, 6.45) is 25.9. The highest BCUT2D eigenvalue weighted by Crippen LogP contribution is 2.42. The molecule has 0 aromatic heterocycles. The average molecular weight is 969 g/mol. The molecule has 3 atom stereocenters. The molecule has 0 fully saturated rings. The van der Waals surface area contributed by atoms with Crippen molar-refractivity contribution in [1.29, 1.82) is 0 Å². The van der Waals surface area contributed by atoms with Crippen molar-refractivity contribution in [2.75, 3.05) is 39.4 Å². The first kappa shape index (κ1) is 50.8. The van der Waals surface area contributed by atoms with Crippen LogP contribution in [0, 0.1) is 20.8 Å². The van der Waals surface area contributed by atoms with Crippen LogP contribution in [-0.4, -0.2) is 38.1 Å². The number of rotatable bonds is 21. The minimum Gasteiger partial charge on any atom is -0.374 e. The van der Waals surface area contributed by atoms with Gasteiger partial charge in [0.2, 0.25) is 0 Å². The number of benzene rings is 6. The van der Waals surface area contributed by atoms with Gasteiger partial charge in [-0.05, 0) is 222 Å². The molecule has 3 aliphatic carbocycles. The molecular formula is C66H72N4O3. The minimum atomic E-state index is 0.0270. The van der Waals surface area contributed by atoms with Gasteiger partial charge in [0.15, 0.2) is 0 Å². The van der Waals surface area contributed by atoms with Gasteiger partial charge in [0.05, 0.1) is 18.3 Å². The lowest BCUT2D eigenvalue weighted by Crippen LogP contribution is -2.22. The van der Waals surface area contributed by atoms with Crippen molar-refractivity contribution in [1.82, 2.24) is 0 Å². The van der Waals surface area contributed by atoms with Crippen LogP contribution in [0.2, 0.25) is 0 Å².